The summed E-state index contributed by atoms with van der Waals surface area (Å²) in [4.78, 5) is 4.29. The van der Waals surface area contributed by atoms with Crippen molar-refractivity contribution in [2.24, 2.45) is 0 Å². The van der Waals surface area contributed by atoms with Crippen molar-refractivity contribution in [2.45, 2.75) is 24.7 Å². The highest BCUT2D eigenvalue weighted by Crippen LogP contribution is 2.24. The van der Waals surface area contributed by atoms with Gasteiger partial charge in [-0.05, 0) is 38.2 Å². The molecule has 3 atom stereocenters. The predicted molar refractivity (Wildman–Crippen MR) is 82.5 cm³/mol. The molecule has 1 aliphatic heterocycles. The molecule has 21 heavy (non-hydrogen) atoms. The largest absolute Gasteiger partial charge is 0.497 e. The number of hydrogen-bond donors (Lipinski definition) is 2. The average Bonchev–Trinajstić information content (AvgIpc) is 2.77. The molecule has 0 aliphatic carbocycles. The summed E-state index contributed by atoms with van der Waals surface area (Å²) in [5.41, 5.74) is 0.847. The Labute approximate surface area is 126 Å². The Hall–Kier alpha value is -1.14. The van der Waals surface area contributed by atoms with E-state index in [4.69, 9.17) is 4.74 Å². The number of likely N-dealkylation sites (N-methyl/N-ethyl adjacent to an activating group) is 1. The minimum atomic E-state index is -0.574. The fourth-order valence-electron chi connectivity index (χ4n) is 2.97. The van der Waals surface area contributed by atoms with E-state index in [2.05, 4.69) is 9.80 Å². The fraction of sp³-hybridized carbons (Fsp3) is 0.625. The zero-order valence-electron chi connectivity index (χ0n) is 13.1. The summed E-state index contributed by atoms with van der Waals surface area (Å²) in [5, 5.41) is 20.3. The van der Waals surface area contributed by atoms with Crippen LogP contribution in [-0.2, 0) is 0 Å². The fourth-order valence-corrected chi connectivity index (χ4v) is 2.97. The lowest BCUT2D eigenvalue weighted by Gasteiger charge is -2.28. The molecule has 2 rings (SSSR count). The van der Waals surface area contributed by atoms with Crippen molar-refractivity contribution >= 4 is 0 Å². The summed E-state index contributed by atoms with van der Waals surface area (Å²) in [6, 6.07) is 7.80. The molecule has 5 heteroatoms. The van der Waals surface area contributed by atoms with E-state index >= 15 is 0 Å². The van der Waals surface area contributed by atoms with E-state index < -0.39 is 6.10 Å². The van der Waals surface area contributed by atoms with E-state index in [0.717, 1.165) is 24.3 Å². The standard InChI is InChI=1S/C16H26N2O3/c1-17(2)9-13-8-14(19)10-18(13)11-16(20)12-5-4-6-15(7-12)21-3/h4-7,13-14,16,19-20H,8-11H2,1-3H3. The topological polar surface area (TPSA) is 56.2 Å². The number of nitrogens with zero attached hydrogens (tertiary/aromatic N) is 2. The molecule has 0 radical (unpaired) electrons. The molecule has 1 aliphatic rings. The highest BCUT2D eigenvalue weighted by molar-refractivity contribution is 5.30. The van der Waals surface area contributed by atoms with Crippen LogP contribution in [0.3, 0.4) is 0 Å². The van der Waals surface area contributed by atoms with Crippen LogP contribution in [0.4, 0.5) is 0 Å². The number of aliphatic hydroxyl groups excluding tert-OH is 2. The lowest BCUT2D eigenvalue weighted by molar-refractivity contribution is 0.0923. The maximum Gasteiger partial charge on any atom is 0.119 e. The molecule has 0 amide bonds. The van der Waals surface area contributed by atoms with Gasteiger partial charge in [0.2, 0.25) is 0 Å². The zero-order chi connectivity index (χ0) is 15.4. The van der Waals surface area contributed by atoms with Gasteiger partial charge >= 0.3 is 0 Å². The SMILES string of the molecule is COc1cccc(C(O)CN2CC(O)CC2CN(C)C)c1. The van der Waals surface area contributed by atoms with Gasteiger partial charge in [-0.1, -0.05) is 12.1 Å². The first kappa shape index (κ1) is 16.2. The Kier molecular flexibility index (Phi) is 5.58. The Balaban J connectivity index is 2.01. The molecule has 1 aromatic rings. The van der Waals surface area contributed by atoms with Crippen LogP contribution in [0, 0.1) is 0 Å². The van der Waals surface area contributed by atoms with Crippen molar-refractivity contribution in [1.82, 2.24) is 9.80 Å². The van der Waals surface area contributed by atoms with Crippen molar-refractivity contribution in [3.8, 4) is 5.75 Å². The Morgan fingerprint density at radius 1 is 1.43 bits per heavy atom. The molecule has 5 nitrogen and oxygen atoms in total. The van der Waals surface area contributed by atoms with Crippen molar-refractivity contribution in [3.05, 3.63) is 29.8 Å². The van der Waals surface area contributed by atoms with Crippen LogP contribution in [0.15, 0.2) is 24.3 Å². The molecule has 1 saturated heterocycles. The lowest BCUT2D eigenvalue weighted by atomic mass is 10.1. The number of rotatable bonds is 6. The molecule has 118 valence electrons. The quantitative estimate of drug-likeness (QED) is 0.810. The normalized spacial score (nSPS) is 24.5. The summed E-state index contributed by atoms with van der Waals surface area (Å²) >= 11 is 0. The second kappa shape index (κ2) is 7.22. The minimum absolute atomic E-state index is 0.287. The molecule has 0 spiro atoms. The van der Waals surface area contributed by atoms with E-state index in [0.29, 0.717) is 13.1 Å². The molecule has 1 aromatic carbocycles. The van der Waals surface area contributed by atoms with Crippen molar-refractivity contribution in [2.75, 3.05) is 40.8 Å². The molecule has 1 heterocycles. The van der Waals surface area contributed by atoms with Crippen LogP contribution in [0.2, 0.25) is 0 Å². The van der Waals surface area contributed by atoms with Gasteiger partial charge in [0.25, 0.3) is 0 Å². The number of methoxy groups -OCH3 is 1. The van der Waals surface area contributed by atoms with E-state index in [1.807, 2.05) is 38.4 Å². The number of ether oxygens (including phenoxy) is 1. The lowest BCUT2D eigenvalue weighted by Crippen LogP contribution is -2.39. The Morgan fingerprint density at radius 3 is 2.86 bits per heavy atom. The third kappa shape index (κ3) is 4.41. The van der Waals surface area contributed by atoms with Crippen LogP contribution in [0.25, 0.3) is 0 Å². The first-order valence-corrected chi connectivity index (χ1v) is 7.38. The van der Waals surface area contributed by atoms with Crippen molar-refractivity contribution < 1.29 is 14.9 Å². The highest BCUT2D eigenvalue weighted by Gasteiger charge is 2.32. The first-order chi connectivity index (χ1) is 9.99. The molecule has 2 N–H and O–H groups in total. The number of benzene rings is 1. The molecule has 0 aromatic heterocycles. The second-order valence-corrected chi connectivity index (χ2v) is 6.05. The van der Waals surface area contributed by atoms with Gasteiger partial charge in [0, 0.05) is 25.7 Å². The van der Waals surface area contributed by atoms with Gasteiger partial charge in [-0.2, -0.15) is 0 Å². The summed E-state index contributed by atoms with van der Waals surface area (Å²) in [6.07, 6.45) is -0.106. The van der Waals surface area contributed by atoms with E-state index in [1.165, 1.54) is 0 Å². The third-order valence-electron chi connectivity index (χ3n) is 3.97. The maximum atomic E-state index is 10.4. The number of hydrogen-bond acceptors (Lipinski definition) is 5. The van der Waals surface area contributed by atoms with Crippen LogP contribution >= 0.6 is 0 Å². The van der Waals surface area contributed by atoms with Crippen molar-refractivity contribution in [3.63, 3.8) is 0 Å². The van der Waals surface area contributed by atoms with Gasteiger partial charge in [-0.25, -0.2) is 0 Å². The van der Waals surface area contributed by atoms with Gasteiger partial charge < -0.3 is 19.8 Å². The van der Waals surface area contributed by atoms with Crippen LogP contribution in [0.1, 0.15) is 18.1 Å². The molecular formula is C16H26N2O3. The molecule has 1 fully saturated rings. The summed E-state index contributed by atoms with van der Waals surface area (Å²) in [5.74, 6) is 0.748. The van der Waals surface area contributed by atoms with Crippen LogP contribution in [0.5, 0.6) is 5.75 Å². The van der Waals surface area contributed by atoms with Crippen LogP contribution in [-0.4, -0.2) is 73.0 Å². The number of likely N-dealkylation sites (tertiary alicyclic amines) is 1. The van der Waals surface area contributed by atoms with Gasteiger partial charge in [-0.3, -0.25) is 4.90 Å². The second-order valence-electron chi connectivity index (χ2n) is 6.05. The predicted octanol–water partition coefficient (Wildman–Crippen LogP) is 0.725. The van der Waals surface area contributed by atoms with E-state index in [-0.39, 0.29) is 12.1 Å². The molecule has 3 unspecified atom stereocenters. The average molecular weight is 294 g/mol. The van der Waals surface area contributed by atoms with Gasteiger partial charge in [0.1, 0.15) is 5.75 Å². The van der Waals surface area contributed by atoms with Crippen molar-refractivity contribution in [1.29, 1.82) is 0 Å². The zero-order valence-corrected chi connectivity index (χ0v) is 13.1. The highest BCUT2D eigenvalue weighted by atomic mass is 16.5. The molecule has 0 bridgehead atoms. The van der Waals surface area contributed by atoms with Gasteiger partial charge in [0.15, 0.2) is 0 Å². The first-order valence-electron chi connectivity index (χ1n) is 7.38. The minimum Gasteiger partial charge on any atom is -0.497 e. The molecular weight excluding hydrogens is 268 g/mol. The monoisotopic (exact) mass is 294 g/mol. The smallest absolute Gasteiger partial charge is 0.119 e. The summed E-state index contributed by atoms with van der Waals surface area (Å²) < 4.78 is 5.19. The van der Waals surface area contributed by atoms with Gasteiger partial charge in [0.05, 0.1) is 19.3 Å². The Bertz CT molecular complexity index is 453. The Morgan fingerprint density at radius 2 is 2.19 bits per heavy atom. The summed E-state index contributed by atoms with van der Waals surface area (Å²) in [6.45, 7) is 2.05. The summed E-state index contributed by atoms with van der Waals surface area (Å²) in [7, 11) is 5.68. The number of β-amino-alcohol motifs (C(OH)–C–C–N with tert-alkyl or cyclic N) is 2. The number of aliphatic hydroxyl groups is 2. The molecule has 0 saturated carbocycles. The van der Waals surface area contributed by atoms with E-state index in [1.54, 1.807) is 7.11 Å². The van der Waals surface area contributed by atoms with Gasteiger partial charge in [-0.15, -0.1) is 0 Å². The van der Waals surface area contributed by atoms with Crippen LogP contribution < -0.4 is 4.74 Å². The van der Waals surface area contributed by atoms with E-state index in [9.17, 15) is 10.2 Å². The third-order valence-corrected chi connectivity index (χ3v) is 3.97. The maximum absolute atomic E-state index is 10.4.